The summed E-state index contributed by atoms with van der Waals surface area (Å²) in [4.78, 5) is 8.42. The molecule has 0 saturated carbocycles. The summed E-state index contributed by atoms with van der Waals surface area (Å²) in [7, 11) is -2.81. The average molecular weight is 473 g/mol. The number of fused-ring (bicyclic) bond motifs is 1. The van der Waals surface area contributed by atoms with E-state index in [-0.39, 0.29) is 31.3 Å². The van der Waals surface area contributed by atoms with Gasteiger partial charge in [-0.1, -0.05) is 12.1 Å². The molecule has 0 spiro atoms. The first kappa shape index (κ1) is 22.3. The lowest BCUT2D eigenvalue weighted by Crippen LogP contribution is -2.50. The molecular formula is C19H19F4N5O3S. The molecule has 1 N–H and O–H groups in total. The largest absolute Gasteiger partial charge is 0.434 e. The van der Waals surface area contributed by atoms with Crippen LogP contribution < -0.4 is 10.1 Å². The highest BCUT2D eigenvalue weighted by Crippen LogP contribution is 2.34. The first-order chi connectivity index (χ1) is 15.1. The molecule has 172 valence electrons. The second-order valence-corrected chi connectivity index (χ2v) is 9.24. The van der Waals surface area contributed by atoms with Gasteiger partial charge in [-0.05, 0) is 11.6 Å². The highest BCUT2D eigenvalue weighted by atomic mass is 32.2. The Morgan fingerprint density at radius 3 is 2.62 bits per heavy atom. The maximum Gasteiger partial charge on any atom is 0.387 e. The number of nitrogens with one attached hydrogen (secondary N) is 1. The molecule has 4 rings (SSSR count). The third-order valence-electron chi connectivity index (χ3n) is 5.28. The van der Waals surface area contributed by atoms with Crippen LogP contribution in [0.2, 0.25) is 0 Å². The van der Waals surface area contributed by atoms with Crippen molar-refractivity contribution in [3.63, 3.8) is 0 Å². The fraction of sp³-hybridized carbons (Fsp3) is 0.368. The number of hydrogen-bond donors (Lipinski definition) is 1. The Labute approximate surface area is 180 Å². The Bertz CT molecular complexity index is 1230. The number of hydrogen-bond acceptors (Lipinski definition) is 6. The van der Waals surface area contributed by atoms with Crippen molar-refractivity contribution >= 4 is 26.9 Å². The summed E-state index contributed by atoms with van der Waals surface area (Å²) < 4.78 is 81.3. The summed E-state index contributed by atoms with van der Waals surface area (Å²) in [5.74, 6) is -3.45. The third kappa shape index (κ3) is 4.35. The number of aromatic nitrogens is 3. The van der Waals surface area contributed by atoms with Gasteiger partial charge in [-0.25, -0.2) is 18.4 Å². The first-order valence-electron chi connectivity index (χ1n) is 9.51. The molecule has 1 aromatic carbocycles. The third-order valence-corrected chi connectivity index (χ3v) is 6.75. The number of benzene rings is 1. The molecule has 3 aromatic rings. The molecule has 32 heavy (non-hydrogen) atoms. The van der Waals surface area contributed by atoms with Gasteiger partial charge in [-0.3, -0.25) is 0 Å². The number of sulfonamides is 1. The van der Waals surface area contributed by atoms with Crippen molar-refractivity contribution in [2.45, 2.75) is 24.8 Å². The summed E-state index contributed by atoms with van der Waals surface area (Å²) in [6, 6.07) is 6.38. The number of imidazole rings is 1. The summed E-state index contributed by atoms with van der Waals surface area (Å²) in [6.45, 7) is -3.22. The zero-order valence-corrected chi connectivity index (χ0v) is 17.6. The monoisotopic (exact) mass is 473 g/mol. The highest BCUT2D eigenvalue weighted by Gasteiger charge is 2.41. The number of halogens is 4. The molecule has 0 bridgehead atoms. The van der Waals surface area contributed by atoms with E-state index in [1.807, 2.05) is 11.6 Å². The van der Waals surface area contributed by atoms with E-state index in [1.165, 1.54) is 6.07 Å². The SMILES string of the molecule is Cn1cnc2cnc(NCc3ccc(C4CN(S(=O)(=O)C(F)F)C4)cc3OC(F)F)cc21. The van der Waals surface area contributed by atoms with Crippen LogP contribution in [0.1, 0.15) is 17.0 Å². The van der Waals surface area contributed by atoms with E-state index >= 15 is 0 Å². The Hall–Kier alpha value is -2.93. The van der Waals surface area contributed by atoms with Crippen LogP contribution in [-0.2, 0) is 23.6 Å². The van der Waals surface area contributed by atoms with Crippen LogP contribution >= 0.6 is 0 Å². The molecule has 8 nitrogen and oxygen atoms in total. The Morgan fingerprint density at radius 1 is 1.19 bits per heavy atom. The topological polar surface area (TPSA) is 89.4 Å². The lowest BCUT2D eigenvalue weighted by molar-refractivity contribution is -0.0504. The second kappa shape index (κ2) is 8.54. The number of anilines is 1. The van der Waals surface area contributed by atoms with Crippen LogP contribution in [0, 0.1) is 0 Å². The van der Waals surface area contributed by atoms with E-state index in [0.29, 0.717) is 26.8 Å². The van der Waals surface area contributed by atoms with Gasteiger partial charge in [0.25, 0.3) is 10.0 Å². The van der Waals surface area contributed by atoms with Gasteiger partial charge in [-0.2, -0.15) is 21.9 Å². The molecule has 0 radical (unpaired) electrons. The molecule has 0 aliphatic carbocycles. The zero-order valence-electron chi connectivity index (χ0n) is 16.8. The van der Waals surface area contributed by atoms with E-state index in [4.69, 9.17) is 0 Å². The Morgan fingerprint density at radius 2 is 1.94 bits per heavy atom. The van der Waals surface area contributed by atoms with Crippen LogP contribution in [-0.4, -0.2) is 52.7 Å². The van der Waals surface area contributed by atoms with Crippen molar-refractivity contribution in [2.75, 3.05) is 18.4 Å². The van der Waals surface area contributed by atoms with Gasteiger partial charge in [0.2, 0.25) is 0 Å². The predicted molar refractivity (Wildman–Crippen MR) is 108 cm³/mol. The van der Waals surface area contributed by atoms with Crippen LogP contribution in [0.3, 0.4) is 0 Å². The fourth-order valence-corrected chi connectivity index (χ4v) is 4.46. The lowest BCUT2D eigenvalue weighted by atomic mass is 9.92. The molecule has 1 aliphatic heterocycles. The Balaban J connectivity index is 1.49. The number of rotatable bonds is 8. The van der Waals surface area contributed by atoms with E-state index < -0.39 is 22.4 Å². The lowest BCUT2D eigenvalue weighted by Gasteiger charge is -2.38. The van der Waals surface area contributed by atoms with Gasteiger partial charge in [0.1, 0.15) is 17.1 Å². The number of ether oxygens (including phenoxy) is 1. The van der Waals surface area contributed by atoms with E-state index in [1.54, 1.807) is 30.7 Å². The van der Waals surface area contributed by atoms with Crippen molar-refractivity contribution in [1.82, 2.24) is 18.8 Å². The molecule has 1 saturated heterocycles. The van der Waals surface area contributed by atoms with Gasteiger partial charge in [0.15, 0.2) is 0 Å². The van der Waals surface area contributed by atoms with Gasteiger partial charge in [0.05, 0.1) is 18.0 Å². The number of pyridine rings is 1. The van der Waals surface area contributed by atoms with Crippen LogP contribution in [0.4, 0.5) is 23.4 Å². The molecule has 1 fully saturated rings. The fourth-order valence-electron chi connectivity index (χ4n) is 3.46. The molecule has 2 aromatic heterocycles. The van der Waals surface area contributed by atoms with Crippen molar-refractivity contribution in [2.24, 2.45) is 7.05 Å². The summed E-state index contributed by atoms with van der Waals surface area (Å²) in [5.41, 5.74) is 2.51. The van der Waals surface area contributed by atoms with Gasteiger partial charge < -0.3 is 14.6 Å². The van der Waals surface area contributed by atoms with E-state index in [2.05, 4.69) is 20.0 Å². The zero-order chi connectivity index (χ0) is 23.0. The quantitative estimate of drug-likeness (QED) is 0.506. The molecular weight excluding hydrogens is 454 g/mol. The van der Waals surface area contributed by atoms with Crippen LogP contribution in [0.5, 0.6) is 5.75 Å². The standard InChI is InChI=1S/C19H19F4N5O3S/c1-27-10-26-14-7-25-17(5-15(14)27)24-6-12-3-2-11(4-16(12)31-18(20)21)13-8-28(9-13)32(29,30)19(22)23/h2-5,7,10,13,18-19H,6,8-9H2,1H3,(H,24,25). The smallest absolute Gasteiger partial charge is 0.387 e. The van der Waals surface area contributed by atoms with Crippen molar-refractivity contribution in [1.29, 1.82) is 0 Å². The van der Waals surface area contributed by atoms with Gasteiger partial charge >= 0.3 is 12.4 Å². The minimum atomic E-state index is -4.65. The van der Waals surface area contributed by atoms with Gasteiger partial charge in [-0.15, -0.1) is 0 Å². The molecule has 3 heterocycles. The Kier molecular flexibility index (Phi) is 5.95. The summed E-state index contributed by atoms with van der Waals surface area (Å²) in [5, 5.41) is 3.05. The van der Waals surface area contributed by atoms with E-state index in [0.717, 1.165) is 5.52 Å². The molecule has 0 amide bonds. The summed E-state index contributed by atoms with van der Waals surface area (Å²) >= 11 is 0. The minimum Gasteiger partial charge on any atom is -0.434 e. The normalized spacial score (nSPS) is 15.5. The predicted octanol–water partition coefficient (Wildman–Crippen LogP) is 3.13. The number of aryl methyl sites for hydroxylation is 1. The van der Waals surface area contributed by atoms with Crippen LogP contribution in [0.25, 0.3) is 11.0 Å². The minimum absolute atomic E-state index is 0.0817. The van der Waals surface area contributed by atoms with E-state index in [9.17, 15) is 26.0 Å². The number of nitrogens with zero attached hydrogens (tertiary/aromatic N) is 4. The highest BCUT2D eigenvalue weighted by molar-refractivity contribution is 7.89. The molecule has 13 heteroatoms. The maximum atomic E-state index is 12.9. The summed E-state index contributed by atoms with van der Waals surface area (Å²) in [6.07, 6.45) is 3.24. The number of alkyl halides is 4. The average Bonchev–Trinajstić information content (AvgIpc) is 3.06. The molecule has 1 aliphatic rings. The van der Waals surface area contributed by atoms with Crippen molar-refractivity contribution < 1.29 is 30.7 Å². The molecule has 0 atom stereocenters. The molecule has 0 unspecified atom stereocenters. The first-order valence-corrected chi connectivity index (χ1v) is 11.0. The van der Waals surface area contributed by atoms with Crippen molar-refractivity contribution in [3.05, 3.63) is 47.9 Å². The van der Waals surface area contributed by atoms with Crippen LogP contribution in [0.15, 0.2) is 36.8 Å². The second-order valence-electron chi connectivity index (χ2n) is 7.33. The maximum absolute atomic E-state index is 12.9. The van der Waals surface area contributed by atoms with Gasteiger partial charge in [0, 0.05) is 44.2 Å². The van der Waals surface area contributed by atoms with Crippen molar-refractivity contribution in [3.8, 4) is 5.75 Å².